The molecule has 0 aromatic heterocycles. The van der Waals surface area contributed by atoms with Crippen LogP contribution in [0.1, 0.15) is 41.8 Å². The molecule has 7 nitrogen and oxygen atoms in total. The standard InChI is InChI=1S/C28H30ClN3O4/c1-19(2)15-24(31-27(33)22-10-12-23(29)13-11-22)28(34)32-30-17-21-9-14-25(26(16-21)35-3)36-18-20-7-5-4-6-8-20/h4-14,16-17,19,24H,15,18H2,1-3H3,(H,31,33)(H,32,34). The molecule has 188 valence electrons. The van der Waals surface area contributed by atoms with Gasteiger partial charge in [-0.05, 0) is 65.9 Å². The third kappa shape index (κ3) is 8.13. The Morgan fingerprint density at radius 1 is 1.00 bits per heavy atom. The summed E-state index contributed by atoms with van der Waals surface area (Å²) in [5, 5.41) is 7.38. The highest BCUT2D eigenvalue weighted by Gasteiger charge is 2.22. The van der Waals surface area contributed by atoms with Crippen LogP contribution >= 0.6 is 11.6 Å². The second-order valence-electron chi connectivity index (χ2n) is 8.58. The summed E-state index contributed by atoms with van der Waals surface area (Å²) in [7, 11) is 1.56. The van der Waals surface area contributed by atoms with Gasteiger partial charge in [0.15, 0.2) is 11.5 Å². The molecule has 2 amide bonds. The molecule has 0 radical (unpaired) electrons. The minimum atomic E-state index is -0.742. The number of hydrazone groups is 1. The molecule has 3 aromatic rings. The maximum atomic E-state index is 12.8. The van der Waals surface area contributed by atoms with Crippen molar-refractivity contribution >= 4 is 29.6 Å². The first-order valence-corrected chi connectivity index (χ1v) is 12.0. The molecule has 2 N–H and O–H groups in total. The molecule has 1 unspecified atom stereocenters. The molecule has 3 aromatic carbocycles. The van der Waals surface area contributed by atoms with Gasteiger partial charge in [0.2, 0.25) is 0 Å². The highest BCUT2D eigenvalue weighted by atomic mass is 35.5. The van der Waals surface area contributed by atoms with Crippen LogP contribution in [-0.2, 0) is 11.4 Å². The van der Waals surface area contributed by atoms with E-state index in [1.165, 1.54) is 6.21 Å². The lowest BCUT2D eigenvalue weighted by molar-refractivity contribution is -0.123. The monoisotopic (exact) mass is 507 g/mol. The quantitative estimate of drug-likeness (QED) is 0.275. The van der Waals surface area contributed by atoms with Gasteiger partial charge in [-0.2, -0.15) is 5.10 Å². The van der Waals surface area contributed by atoms with Gasteiger partial charge in [-0.25, -0.2) is 5.43 Å². The highest BCUT2D eigenvalue weighted by Crippen LogP contribution is 2.28. The van der Waals surface area contributed by atoms with Crippen LogP contribution in [0.25, 0.3) is 0 Å². The van der Waals surface area contributed by atoms with Crippen LogP contribution in [0.5, 0.6) is 11.5 Å². The maximum Gasteiger partial charge on any atom is 0.262 e. The van der Waals surface area contributed by atoms with E-state index < -0.39 is 11.9 Å². The number of halogens is 1. The summed E-state index contributed by atoms with van der Waals surface area (Å²) in [6.07, 6.45) is 1.97. The van der Waals surface area contributed by atoms with Crippen molar-refractivity contribution in [2.45, 2.75) is 32.9 Å². The van der Waals surface area contributed by atoms with E-state index >= 15 is 0 Å². The van der Waals surface area contributed by atoms with Crippen LogP contribution in [0.3, 0.4) is 0 Å². The lowest BCUT2D eigenvalue weighted by atomic mass is 10.0. The summed E-state index contributed by atoms with van der Waals surface area (Å²) in [5.41, 5.74) is 4.71. The molecule has 0 spiro atoms. The average Bonchev–Trinajstić information content (AvgIpc) is 2.88. The number of hydrogen-bond acceptors (Lipinski definition) is 5. The van der Waals surface area contributed by atoms with E-state index in [1.807, 2.05) is 50.2 Å². The molecule has 0 aliphatic carbocycles. The van der Waals surface area contributed by atoms with Crippen molar-refractivity contribution in [3.8, 4) is 11.5 Å². The number of carbonyl (C=O) groups excluding carboxylic acids is 2. The minimum absolute atomic E-state index is 0.183. The number of benzene rings is 3. The van der Waals surface area contributed by atoms with Crippen molar-refractivity contribution in [2.75, 3.05) is 7.11 Å². The third-order valence-corrected chi connectivity index (χ3v) is 5.50. The van der Waals surface area contributed by atoms with Crippen LogP contribution in [0.4, 0.5) is 0 Å². The van der Waals surface area contributed by atoms with Crippen LogP contribution in [-0.4, -0.2) is 31.2 Å². The number of amides is 2. The molecular weight excluding hydrogens is 478 g/mol. The minimum Gasteiger partial charge on any atom is -0.493 e. The zero-order valence-electron chi connectivity index (χ0n) is 20.5. The van der Waals surface area contributed by atoms with Crippen molar-refractivity contribution in [3.63, 3.8) is 0 Å². The van der Waals surface area contributed by atoms with Crippen molar-refractivity contribution in [2.24, 2.45) is 11.0 Å². The van der Waals surface area contributed by atoms with Crippen LogP contribution in [0.15, 0.2) is 77.9 Å². The molecule has 0 fully saturated rings. The van der Waals surface area contributed by atoms with E-state index in [0.717, 1.165) is 5.56 Å². The van der Waals surface area contributed by atoms with E-state index in [2.05, 4.69) is 15.8 Å². The Morgan fingerprint density at radius 3 is 2.39 bits per heavy atom. The van der Waals surface area contributed by atoms with Crippen molar-refractivity contribution in [3.05, 3.63) is 94.5 Å². The molecule has 0 aliphatic heterocycles. The van der Waals surface area contributed by atoms with E-state index in [4.69, 9.17) is 21.1 Å². The molecule has 0 aliphatic rings. The number of rotatable bonds is 11. The van der Waals surface area contributed by atoms with Gasteiger partial charge in [0.1, 0.15) is 12.6 Å². The van der Waals surface area contributed by atoms with E-state index in [-0.39, 0.29) is 11.8 Å². The van der Waals surface area contributed by atoms with E-state index in [9.17, 15) is 9.59 Å². The summed E-state index contributed by atoms with van der Waals surface area (Å²) in [6.45, 7) is 4.37. The second-order valence-corrected chi connectivity index (χ2v) is 9.02. The van der Waals surface area contributed by atoms with Gasteiger partial charge < -0.3 is 14.8 Å². The summed E-state index contributed by atoms with van der Waals surface area (Å²) >= 11 is 5.89. The number of methoxy groups -OCH3 is 1. The van der Waals surface area contributed by atoms with Crippen molar-refractivity contribution in [1.29, 1.82) is 0 Å². The maximum absolute atomic E-state index is 12.8. The lowest BCUT2D eigenvalue weighted by Gasteiger charge is -2.19. The number of ether oxygens (including phenoxy) is 2. The molecule has 36 heavy (non-hydrogen) atoms. The van der Waals surface area contributed by atoms with Gasteiger partial charge in [0.25, 0.3) is 11.8 Å². The third-order valence-electron chi connectivity index (χ3n) is 5.25. The Balaban J connectivity index is 1.61. The topological polar surface area (TPSA) is 89.0 Å². The smallest absolute Gasteiger partial charge is 0.262 e. The zero-order chi connectivity index (χ0) is 25.9. The van der Waals surface area contributed by atoms with E-state index in [0.29, 0.717) is 40.7 Å². The molecule has 8 heteroatoms. The average molecular weight is 508 g/mol. The van der Waals surface area contributed by atoms with Gasteiger partial charge >= 0.3 is 0 Å². The Labute approximate surface area is 216 Å². The first-order chi connectivity index (χ1) is 17.4. The van der Waals surface area contributed by atoms with Gasteiger partial charge in [0, 0.05) is 10.6 Å². The number of nitrogens with zero attached hydrogens (tertiary/aromatic N) is 1. The molecule has 0 saturated carbocycles. The molecule has 0 bridgehead atoms. The van der Waals surface area contributed by atoms with Crippen LogP contribution in [0, 0.1) is 5.92 Å². The van der Waals surface area contributed by atoms with Crippen molar-refractivity contribution in [1.82, 2.24) is 10.7 Å². The molecule has 1 atom stereocenters. The molecule has 3 rings (SSSR count). The lowest BCUT2D eigenvalue weighted by Crippen LogP contribution is -2.46. The summed E-state index contributed by atoms with van der Waals surface area (Å²) in [6, 6.07) is 21.0. The van der Waals surface area contributed by atoms with E-state index in [1.54, 1.807) is 43.5 Å². The van der Waals surface area contributed by atoms with Gasteiger partial charge in [-0.1, -0.05) is 55.8 Å². The van der Waals surface area contributed by atoms with Crippen LogP contribution < -0.4 is 20.2 Å². The predicted molar refractivity (Wildman–Crippen MR) is 142 cm³/mol. The van der Waals surface area contributed by atoms with Gasteiger partial charge in [-0.15, -0.1) is 0 Å². The summed E-state index contributed by atoms with van der Waals surface area (Å²) in [5.74, 6) is 0.575. The first-order valence-electron chi connectivity index (χ1n) is 11.6. The van der Waals surface area contributed by atoms with Gasteiger partial charge in [0.05, 0.1) is 13.3 Å². The normalized spacial score (nSPS) is 11.8. The second kappa shape index (κ2) is 13.3. The Kier molecular flexibility index (Phi) is 9.89. The number of hydrogen-bond donors (Lipinski definition) is 2. The Bertz CT molecular complexity index is 1180. The highest BCUT2D eigenvalue weighted by molar-refractivity contribution is 6.30. The van der Waals surface area contributed by atoms with Gasteiger partial charge in [-0.3, -0.25) is 9.59 Å². The Hall–Kier alpha value is -3.84. The van der Waals surface area contributed by atoms with Crippen molar-refractivity contribution < 1.29 is 19.1 Å². The largest absolute Gasteiger partial charge is 0.493 e. The summed E-state index contributed by atoms with van der Waals surface area (Å²) in [4.78, 5) is 25.4. The fraction of sp³-hybridized carbons (Fsp3) is 0.250. The molecule has 0 heterocycles. The van der Waals surface area contributed by atoms with Crippen LogP contribution in [0.2, 0.25) is 5.02 Å². The number of nitrogens with one attached hydrogen (secondary N) is 2. The SMILES string of the molecule is COc1cc(C=NNC(=O)C(CC(C)C)NC(=O)c2ccc(Cl)cc2)ccc1OCc1ccccc1. The first kappa shape index (κ1) is 26.8. The summed E-state index contributed by atoms with van der Waals surface area (Å²) < 4.78 is 11.3. The Morgan fingerprint density at radius 2 is 1.72 bits per heavy atom. The zero-order valence-corrected chi connectivity index (χ0v) is 21.3. The predicted octanol–water partition coefficient (Wildman–Crippen LogP) is 5.22. The molecular formula is C28H30ClN3O4. The molecule has 0 saturated heterocycles. The fourth-order valence-electron chi connectivity index (χ4n) is 3.41. The fourth-order valence-corrected chi connectivity index (χ4v) is 3.54. The number of carbonyl (C=O) groups is 2.